The van der Waals surface area contributed by atoms with Crippen LogP contribution in [0.5, 0.6) is 0 Å². The minimum Gasteiger partial charge on any atom is -0.320 e. The molecule has 0 saturated heterocycles. The molecular weight excluding hydrogens is 332 g/mol. The number of anilines is 1. The summed E-state index contributed by atoms with van der Waals surface area (Å²) in [4.78, 5) is 16.5. The van der Waals surface area contributed by atoms with Crippen LogP contribution in [0.2, 0.25) is 0 Å². The monoisotopic (exact) mass is 347 g/mol. The Balaban J connectivity index is 1.73. The van der Waals surface area contributed by atoms with Crippen LogP contribution in [-0.4, -0.2) is 21.2 Å². The Kier molecular flexibility index (Phi) is 4.80. The Bertz CT molecular complexity index is 874. The Morgan fingerprint density at radius 2 is 1.88 bits per heavy atom. The number of benzene rings is 2. The lowest BCUT2D eigenvalue weighted by Gasteiger charge is -2.08. The molecule has 0 aliphatic heterocycles. The van der Waals surface area contributed by atoms with Gasteiger partial charge in [0.2, 0.25) is 5.91 Å². The van der Waals surface area contributed by atoms with E-state index in [2.05, 4.69) is 10.3 Å². The van der Waals surface area contributed by atoms with Crippen LogP contribution in [0.4, 0.5) is 14.5 Å². The van der Waals surface area contributed by atoms with Crippen LogP contribution in [0.15, 0.2) is 47.6 Å². The van der Waals surface area contributed by atoms with Crippen molar-refractivity contribution in [3.8, 4) is 0 Å². The molecule has 1 N–H and O–H groups in total. The number of aryl methyl sites for hydroxylation is 1. The van der Waals surface area contributed by atoms with Gasteiger partial charge < -0.3 is 9.88 Å². The highest BCUT2D eigenvalue weighted by Gasteiger charge is 2.14. The highest BCUT2D eigenvalue weighted by molar-refractivity contribution is 7.99. The number of hydrogen-bond donors (Lipinski definition) is 1. The molecule has 0 fully saturated rings. The van der Waals surface area contributed by atoms with Crippen molar-refractivity contribution in [3.05, 3.63) is 54.1 Å². The number of para-hydroxylation sites is 3. The fourth-order valence-electron chi connectivity index (χ4n) is 2.39. The second-order valence-corrected chi connectivity index (χ2v) is 6.00. The SMILES string of the molecule is CCn1c(SCC(=O)Nc2c(F)cccc2F)nc2ccccc21. The second-order valence-electron chi connectivity index (χ2n) is 5.06. The van der Waals surface area contributed by atoms with Crippen molar-refractivity contribution in [1.82, 2.24) is 9.55 Å². The number of fused-ring (bicyclic) bond motifs is 1. The van der Waals surface area contributed by atoms with Crippen molar-refractivity contribution in [2.75, 3.05) is 11.1 Å². The van der Waals surface area contributed by atoms with Crippen molar-refractivity contribution >= 4 is 34.4 Å². The number of aromatic nitrogens is 2. The van der Waals surface area contributed by atoms with Crippen LogP contribution in [0.1, 0.15) is 6.92 Å². The van der Waals surface area contributed by atoms with E-state index >= 15 is 0 Å². The van der Waals surface area contributed by atoms with Crippen LogP contribution in [-0.2, 0) is 11.3 Å². The number of imidazole rings is 1. The molecule has 0 atom stereocenters. The van der Waals surface area contributed by atoms with Gasteiger partial charge >= 0.3 is 0 Å². The van der Waals surface area contributed by atoms with Crippen LogP contribution < -0.4 is 5.32 Å². The van der Waals surface area contributed by atoms with E-state index in [9.17, 15) is 13.6 Å². The van der Waals surface area contributed by atoms with Gasteiger partial charge in [-0.3, -0.25) is 4.79 Å². The average Bonchev–Trinajstić information content (AvgIpc) is 2.94. The predicted molar refractivity (Wildman–Crippen MR) is 91.1 cm³/mol. The van der Waals surface area contributed by atoms with E-state index in [0.29, 0.717) is 11.7 Å². The standard InChI is InChI=1S/C17H15F2N3OS/c1-2-22-14-9-4-3-8-13(14)20-17(22)24-10-15(23)21-16-11(18)6-5-7-12(16)19/h3-9H,2,10H2,1H3,(H,21,23). The molecular formula is C17H15F2N3OS. The summed E-state index contributed by atoms with van der Waals surface area (Å²) in [5.41, 5.74) is 1.41. The van der Waals surface area contributed by atoms with Gasteiger partial charge in [-0.25, -0.2) is 13.8 Å². The first-order chi connectivity index (χ1) is 11.6. The van der Waals surface area contributed by atoms with Crippen LogP contribution in [0.3, 0.4) is 0 Å². The molecule has 0 bridgehead atoms. The van der Waals surface area contributed by atoms with Crippen molar-refractivity contribution in [1.29, 1.82) is 0 Å². The molecule has 0 radical (unpaired) electrons. The third kappa shape index (κ3) is 3.26. The maximum Gasteiger partial charge on any atom is 0.235 e. The fourth-order valence-corrected chi connectivity index (χ4v) is 3.27. The number of amides is 1. The molecule has 0 spiro atoms. The van der Waals surface area contributed by atoms with Gasteiger partial charge in [0.15, 0.2) is 5.16 Å². The number of nitrogens with one attached hydrogen (secondary N) is 1. The number of carbonyl (C=O) groups excluding carboxylic acids is 1. The van der Waals surface area contributed by atoms with Crippen LogP contribution >= 0.6 is 11.8 Å². The zero-order valence-corrected chi connectivity index (χ0v) is 13.7. The lowest BCUT2D eigenvalue weighted by Crippen LogP contribution is -2.16. The first-order valence-corrected chi connectivity index (χ1v) is 8.40. The zero-order chi connectivity index (χ0) is 17.1. The second kappa shape index (κ2) is 7.00. The maximum absolute atomic E-state index is 13.6. The van der Waals surface area contributed by atoms with Crippen LogP contribution in [0, 0.1) is 11.6 Å². The Morgan fingerprint density at radius 1 is 1.17 bits per heavy atom. The number of hydrogen-bond acceptors (Lipinski definition) is 3. The van der Waals surface area contributed by atoms with Gasteiger partial charge in [-0.1, -0.05) is 30.0 Å². The molecule has 0 aliphatic rings. The van der Waals surface area contributed by atoms with Gasteiger partial charge in [0, 0.05) is 6.54 Å². The highest BCUT2D eigenvalue weighted by atomic mass is 32.2. The number of halogens is 2. The Morgan fingerprint density at radius 3 is 2.58 bits per heavy atom. The van der Waals surface area contributed by atoms with Crippen molar-refractivity contribution in [2.45, 2.75) is 18.6 Å². The van der Waals surface area contributed by atoms with Crippen LogP contribution in [0.25, 0.3) is 11.0 Å². The Labute approximate surface area is 141 Å². The van der Waals surface area contributed by atoms with Gasteiger partial charge in [0.25, 0.3) is 0 Å². The smallest absolute Gasteiger partial charge is 0.235 e. The molecule has 0 unspecified atom stereocenters. The van der Waals surface area contributed by atoms with Crippen molar-refractivity contribution in [3.63, 3.8) is 0 Å². The average molecular weight is 347 g/mol. The molecule has 0 saturated carbocycles. The molecule has 1 aromatic heterocycles. The summed E-state index contributed by atoms with van der Waals surface area (Å²) in [5.74, 6) is -2.07. The van der Waals surface area contributed by atoms with E-state index in [1.165, 1.54) is 17.8 Å². The lowest BCUT2D eigenvalue weighted by molar-refractivity contribution is -0.113. The number of rotatable bonds is 5. The summed E-state index contributed by atoms with van der Waals surface area (Å²) >= 11 is 1.23. The topological polar surface area (TPSA) is 46.9 Å². The lowest BCUT2D eigenvalue weighted by atomic mass is 10.3. The van der Waals surface area contributed by atoms with E-state index in [1.54, 1.807) is 0 Å². The number of thioether (sulfide) groups is 1. The molecule has 4 nitrogen and oxygen atoms in total. The Hall–Kier alpha value is -2.41. The molecule has 124 valence electrons. The molecule has 0 aliphatic carbocycles. The molecule has 1 heterocycles. The van der Waals surface area contributed by atoms with E-state index in [1.807, 2.05) is 35.8 Å². The van der Waals surface area contributed by atoms with E-state index in [4.69, 9.17) is 0 Å². The van der Waals surface area contributed by atoms with E-state index in [0.717, 1.165) is 23.2 Å². The zero-order valence-electron chi connectivity index (χ0n) is 12.9. The van der Waals surface area contributed by atoms with Gasteiger partial charge in [0.05, 0.1) is 16.8 Å². The number of nitrogens with zero attached hydrogens (tertiary/aromatic N) is 2. The molecule has 1 amide bonds. The summed E-state index contributed by atoms with van der Waals surface area (Å²) in [6, 6.07) is 11.1. The summed E-state index contributed by atoms with van der Waals surface area (Å²) in [5, 5.41) is 2.97. The summed E-state index contributed by atoms with van der Waals surface area (Å²) in [6.45, 7) is 2.71. The largest absolute Gasteiger partial charge is 0.320 e. The minimum atomic E-state index is -0.797. The highest BCUT2D eigenvalue weighted by Crippen LogP contribution is 2.24. The first-order valence-electron chi connectivity index (χ1n) is 7.42. The van der Waals surface area contributed by atoms with Gasteiger partial charge in [0.1, 0.15) is 17.3 Å². The summed E-state index contributed by atoms with van der Waals surface area (Å²) in [6.07, 6.45) is 0. The third-order valence-corrected chi connectivity index (χ3v) is 4.47. The van der Waals surface area contributed by atoms with E-state index < -0.39 is 23.2 Å². The summed E-state index contributed by atoms with van der Waals surface area (Å²) < 4.78 is 29.1. The molecule has 3 rings (SSSR count). The van der Waals surface area contributed by atoms with Gasteiger partial charge in [-0.15, -0.1) is 0 Å². The minimum absolute atomic E-state index is 0.0110. The fraction of sp³-hybridized carbons (Fsp3) is 0.176. The quantitative estimate of drug-likeness (QED) is 0.708. The first kappa shape index (κ1) is 16.4. The maximum atomic E-state index is 13.6. The normalized spacial score (nSPS) is 11.0. The number of carbonyl (C=O) groups is 1. The third-order valence-electron chi connectivity index (χ3n) is 3.50. The van der Waals surface area contributed by atoms with Crippen molar-refractivity contribution < 1.29 is 13.6 Å². The molecule has 2 aromatic carbocycles. The van der Waals surface area contributed by atoms with Gasteiger partial charge in [-0.05, 0) is 31.2 Å². The van der Waals surface area contributed by atoms with E-state index in [-0.39, 0.29) is 5.75 Å². The van der Waals surface area contributed by atoms with Crippen molar-refractivity contribution in [2.24, 2.45) is 0 Å². The summed E-state index contributed by atoms with van der Waals surface area (Å²) in [7, 11) is 0. The molecule has 24 heavy (non-hydrogen) atoms. The molecule has 3 aromatic rings. The molecule has 7 heteroatoms. The van der Waals surface area contributed by atoms with Gasteiger partial charge in [-0.2, -0.15) is 0 Å². The predicted octanol–water partition coefficient (Wildman–Crippen LogP) is 4.07.